The molecule has 4 nitrogen and oxygen atoms in total. The minimum Gasteiger partial charge on any atom is -0.462 e. The van der Waals surface area contributed by atoms with Gasteiger partial charge in [0.25, 0.3) is 0 Å². The minimum absolute atomic E-state index is 0.00402. The average molecular weight is 296 g/mol. The number of carbonyl (C=O) groups excluding carboxylic acids is 1. The molecule has 0 N–H and O–H groups in total. The molecule has 0 bridgehead atoms. The highest BCUT2D eigenvalue weighted by Gasteiger charge is 2.52. The molecule has 0 saturated carbocycles. The van der Waals surface area contributed by atoms with E-state index >= 15 is 0 Å². The lowest BCUT2D eigenvalue weighted by atomic mass is 10.0. The van der Waals surface area contributed by atoms with Gasteiger partial charge in [0.15, 0.2) is 10.6 Å². The number of ether oxygens (including phenoxy) is 1. The van der Waals surface area contributed by atoms with E-state index in [1.807, 2.05) is 0 Å². The van der Waals surface area contributed by atoms with Crippen LogP contribution in [0, 0.1) is 0 Å². The molecule has 1 aliphatic heterocycles. The Labute approximate surface area is 113 Å². The largest absolute Gasteiger partial charge is 0.462 e. The quantitative estimate of drug-likeness (QED) is 0.727. The molecule has 0 aliphatic carbocycles. The summed E-state index contributed by atoms with van der Waals surface area (Å²) in [5.41, 5.74) is -1.73. The van der Waals surface area contributed by atoms with Gasteiger partial charge in [-0.25, -0.2) is 4.79 Å². The molecular formula is C11H15F3N2O2S. The fraction of sp³-hybridized carbons (Fsp3) is 0.727. The summed E-state index contributed by atoms with van der Waals surface area (Å²) in [5.74, 6) is -0.483. The zero-order valence-corrected chi connectivity index (χ0v) is 11.7. The van der Waals surface area contributed by atoms with Crippen LogP contribution in [0.15, 0.2) is 21.5 Å². The first-order valence-electron chi connectivity index (χ1n) is 5.88. The molecule has 0 amide bonds. The smallest absolute Gasteiger partial charge is 0.435 e. The molecule has 108 valence electrons. The van der Waals surface area contributed by atoms with Crippen molar-refractivity contribution >= 4 is 17.7 Å². The lowest BCUT2D eigenvalue weighted by Gasteiger charge is -2.24. The summed E-state index contributed by atoms with van der Waals surface area (Å²) >= 11 is 1.15. The minimum atomic E-state index is -4.71. The molecule has 0 saturated heterocycles. The van der Waals surface area contributed by atoms with Crippen molar-refractivity contribution in [1.29, 1.82) is 0 Å². The average Bonchev–Trinajstić information content (AvgIpc) is 2.69. The Morgan fingerprint density at radius 1 is 1.37 bits per heavy atom. The van der Waals surface area contributed by atoms with Crippen molar-refractivity contribution in [2.75, 3.05) is 12.4 Å². The monoisotopic (exact) mass is 296 g/mol. The van der Waals surface area contributed by atoms with Gasteiger partial charge in [-0.15, -0.1) is 16.9 Å². The van der Waals surface area contributed by atoms with Crippen molar-refractivity contribution in [2.45, 2.75) is 38.2 Å². The van der Waals surface area contributed by atoms with Crippen LogP contribution < -0.4 is 0 Å². The van der Waals surface area contributed by atoms with E-state index in [1.165, 1.54) is 6.92 Å². The summed E-state index contributed by atoms with van der Waals surface area (Å²) in [6, 6.07) is 0. The van der Waals surface area contributed by atoms with Crippen molar-refractivity contribution in [2.24, 2.45) is 10.2 Å². The van der Waals surface area contributed by atoms with Gasteiger partial charge in [0.1, 0.15) is 5.57 Å². The second-order valence-electron chi connectivity index (χ2n) is 3.71. The molecule has 1 aliphatic rings. The zero-order chi connectivity index (χ0) is 14.7. The summed E-state index contributed by atoms with van der Waals surface area (Å²) in [7, 11) is 0. The maximum Gasteiger partial charge on any atom is 0.435 e. The third-order valence-electron chi connectivity index (χ3n) is 2.55. The van der Waals surface area contributed by atoms with Gasteiger partial charge < -0.3 is 4.74 Å². The molecule has 0 fully saturated rings. The van der Waals surface area contributed by atoms with Gasteiger partial charge in [-0.05, 0) is 19.1 Å². The number of nitrogens with zero attached hydrogens (tertiary/aromatic N) is 2. The molecule has 0 aromatic heterocycles. The molecular weight excluding hydrogens is 281 g/mol. The lowest BCUT2D eigenvalue weighted by Crippen LogP contribution is -2.31. The fourth-order valence-corrected chi connectivity index (χ4v) is 2.87. The van der Waals surface area contributed by atoms with Gasteiger partial charge >= 0.3 is 12.1 Å². The molecule has 1 heterocycles. The molecule has 8 heteroatoms. The molecule has 0 aromatic carbocycles. The Balaban J connectivity index is 3.33. The van der Waals surface area contributed by atoms with E-state index in [9.17, 15) is 18.0 Å². The maximum atomic E-state index is 12.9. The van der Waals surface area contributed by atoms with Crippen LogP contribution in [0.1, 0.15) is 27.2 Å². The normalized spacial score (nSPS) is 23.1. The summed E-state index contributed by atoms with van der Waals surface area (Å²) in [6.45, 7) is 4.99. The van der Waals surface area contributed by atoms with Crippen molar-refractivity contribution in [3.8, 4) is 0 Å². The fourth-order valence-electron chi connectivity index (χ4n) is 1.76. The van der Waals surface area contributed by atoms with E-state index in [0.717, 1.165) is 11.8 Å². The Morgan fingerprint density at radius 3 is 2.42 bits per heavy atom. The number of azo groups is 1. The highest BCUT2D eigenvalue weighted by atomic mass is 32.2. The van der Waals surface area contributed by atoms with Crippen LogP contribution in [0.4, 0.5) is 13.2 Å². The Bertz CT molecular complexity index is 421. The van der Waals surface area contributed by atoms with E-state index < -0.39 is 28.3 Å². The number of halogens is 3. The third kappa shape index (κ3) is 3.10. The molecule has 1 unspecified atom stereocenters. The number of thioether (sulfide) groups is 1. The van der Waals surface area contributed by atoms with Crippen LogP contribution in [0.2, 0.25) is 0 Å². The van der Waals surface area contributed by atoms with E-state index in [4.69, 9.17) is 4.74 Å². The van der Waals surface area contributed by atoms with E-state index in [2.05, 4.69) is 10.2 Å². The van der Waals surface area contributed by atoms with Crippen LogP contribution in [0.3, 0.4) is 0 Å². The van der Waals surface area contributed by atoms with Crippen LogP contribution in [0.25, 0.3) is 0 Å². The van der Waals surface area contributed by atoms with Crippen LogP contribution >= 0.6 is 11.8 Å². The topological polar surface area (TPSA) is 51.0 Å². The second kappa shape index (κ2) is 5.94. The standard InChI is InChI=1S/C11H15F3N2O2S/c1-4-10(19-6-3)7(9(17)18-5-2)8(15-16-10)11(12,13)14/h4-6H2,1-3H3. The Kier molecular flexibility index (Phi) is 5.00. The van der Waals surface area contributed by atoms with Crippen molar-refractivity contribution in [3.05, 3.63) is 11.3 Å². The first kappa shape index (κ1) is 16.0. The van der Waals surface area contributed by atoms with Gasteiger partial charge in [0, 0.05) is 0 Å². The number of hydrogen-bond donors (Lipinski definition) is 0. The first-order valence-corrected chi connectivity index (χ1v) is 6.86. The van der Waals surface area contributed by atoms with Crippen molar-refractivity contribution in [1.82, 2.24) is 0 Å². The van der Waals surface area contributed by atoms with Crippen molar-refractivity contribution < 1.29 is 22.7 Å². The summed E-state index contributed by atoms with van der Waals surface area (Å²) in [5, 5.41) is 6.89. The predicted octanol–water partition coefficient (Wildman–Crippen LogP) is 3.69. The SMILES string of the molecule is CCOC(=O)C1=C(C(F)(F)F)N=NC1(CC)SCC. The predicted molar refractivity (Wildman–Crippen MR) is 65.7 cm³/mol. The lowest BCUT2D eigenvalue weighted by molar-refractivity contribution is -0.140. The third-order valence-corrected chi connectivity index (χ3v) is 3.89. The number of esters is 1. The second-order valence-corrected chi connectivity index (χ2v) is 5.25. The Hall–Kier alpha value is -1.05. The molecule has 0 spiro atoms. The van der Waals surface area contributed by atoms with Crippen LogP contribution in [-0.2, 0) is 9.53 Å². The maximum absolute atomic E-state index is 12.9. The number of alkyl halides is 3. The van der Waals surface area contributed by atoms with Gasteiger partial charge in [0.2, 0.25) is 0 Å². The number of hydrogen-bond acceptors (Lipinski definition) is 5. The zero-order valence-electron chi connectivity index (χ0n) is 10.9. The molecule has 1 atom stereocenters. The molecule has 0 aromatic rings. The van der Waals surface area contributed by atoms with E-state index in [-0.39, 0.29) is 13.0 Å². The van der Waals surface area contributed by atoms with Crippen LogP contribution in [-0.4, -0.2) is 29.4 Å². The molecule has 1 rings (SSSR count). The Morgan fingerprint density at radius 2 is 2.00 bits per heavy atom. The van der Waals surface area contributed by atoms with Gasteiger partial charge in [0.05, 0.1) is 6.61 Å². The van der Waals surface area contributed by atoms with Gasteiger partial charge in [-0.1, -0.05) is 13.8 Å². The summed E-state index contributed by atoms with van der Waals surface area (Å²) in [6.07, 6.45) is -4.47. The van der Waals surface area contributed by atoms with Crippen molar-refractivity contribution in [3.63, 3.8) is 0 Å². The van der Waals surface area contributed by atoms with E-state index in [1.54, 1.807) is 13.8 Å². The summed E-state index contributed by atoms with van der Waals surface area (Å²) < 4.78 is 43.4. The highest BCUT2D eigenvalue weighted by molar-refractivity contribution is 8.00. The number of allylic oxidation sites excluding steroid dienone is 1. The number of carbonyl (C=O) groups is 1. The first-order chi connectivity index (χ1) is 8.82. The summed E-state index contributed by atoms with van der Waals surface area (Å²) in [4.78, 5) is 10.6. The highest BCUT2D eigenvalue weighted by Crippen LogP contribution is 2.48. The van der Waals surface area contributed by atoms with Crippen LogP contribution in [0.5, 0.6) is 0 Å². The van der Waals surface area contributed by atoms with Gasteiger partial charge in [-0.2, -0.15) is 18.3 Å². The van der Waals surface area contributed by atoms with E-state index in [0.29, 0.717) is 5.75 Å². The van der Waals surface area contributed by atoms with Gasteiger partial charge in [-0.3, -0.25) is 0 Å². The molecule has 19 heavy (non-hydrogen) atoms. The number of rotatable bonds is 5. The molecule has 0 radical (unpaired) electrons.